The molecule has 0 radical (unpaired) electrons. The molecular formula is C23H22N2O2. The van der Waals surface area contributed by atoms with Crippen LogP contribution in [-0.4, -0.2) is 17.2 Å². The summed E-state index contributed by atoms with van der Waals surface area (Å²) in [6, 6.07) is 27.4. The topological polar surface area (TPSA) is 43.8 Å². The first-order valence-electron chi connectivity index (χ1n) is 9.20. The number of aryl methyl sites for hydroxylation is 1. The van der Waals surface area contributed by atoms with Gasteiger partial charge in [0.05, 0.1) is 11.4 Å². The molecule has 1 N–H and O–H groups in total. The Morgan fingerprint density at radius 1 is 0.741 bits per heavy atom. The monoisotopic (exact) mass is 358 g/mol. The second kappa shape index (κ2) is 7.64. The van der Waals surface area contributed by atoms with Crippen molar-refractivity contribution in [1.82, 2.24) is 0 Å². The minimum atomic E-state index is -0.412. The highest BCUT2D eigenvalue weighted by Gasteiger charge is 2.37. The molecule has 136 valence electrons. The molecule has 3 aromatic rings. The molecule has 0 aromatic heterocycles. The van der Waals surface area contributed by atoms with Gasteiger partial charge in [-0.2, -0.15) is 5.06 Å². The van der Waals surface area contributed by atoms with Crippen LogP contribution in [0, 0.1) is 0 Å². The van der Waals surface area contributed by atoms with E-state index < -0.39 is 6.04 Å². The van der Waals surface area contributed by atoms with E-state index in [4.69, 9.17) is 0 Å². The van der Waals surface area contributed by atoms with Crippen LogP contribution in [0.3, 0.4) is 0 Å². The van der Waals surface area contributed by atoms with Gasteiger partial charge in [0.15, 0.2) is 0 Å². The maximum Gasteiger partial charge on any atom is 0.273 e. The van der Waals surface area contributed by atoms with Crippen LogP contribution >= 0.6 is 0 Å². The fourth-order valence-electron chi connectivity index (χ4n) is 3.65. The van der Waals surface area contributed by atoms with E-state index in [-0.39, 0.29) is 5.91 Å². The van der Waals surface area contributed by atoms with E-state index in [1.54, 1.807) is 6.07 Å². The molecule has 4 rings (SSSR count). The average Bonchev–Trinajstić information content (AvgIpc) is 2.73. The highest BCUT2D eigenvalue weighted by atomic mass is 16.5. The number of carbonyl (C=O) groups is 1. The number of fused-ring (bicyclic) bond motifs is 1. The maximum absolute atomic E-state index is 12.9. The summed E-state index contributed by atoms with van der Waals surface area (Å²) in [5.74, 6) is -0.277. The third kappa shape index (κ3) is 3.57. The molecule has 0 aliphatic carbocycles. The number of hydrogen-bond donors (Lipinski definition) is 1. The molecule has 1 aliphatic rings. The zero-order valence-corrected chi connectivity index (χ0v) is 15.0. The summed E-state index contributed by atoms with van der Waals surface area (Å²) in [6.45, 7) is 0.622. The third-order valence-electron chi connectivity index (χ3n) is 5.03. The predicted molar refractivity (Wildman–Crippen MR) is 107 cm³/mol. The zero-order valence-electron chi connectivity index (χ0n) is 15.0. The Morgan fingerprint density at radius 2 is 1.30 bits per heavy atom. The van der Waals surface area contributed by atoms with Crippen LogP contribution in [0.2, 0.25) is 0 Å². The quantitative estimate of drug-likeness (QED) is 0.686. The highest BCUT2D eigenvalue weighted by molar-refractivity contribution is 6.03. The highest BCUT2D eigenvalue weighted by Crippen LogP contribution is 2.37. The van der Waals surface area contributed by atoms with Crippen molar-refractivity contribution in [2.24, 2.45) is 0 Å². The minimum Gasteiger partial charge on any atom is -0.353 e. The van der Waals surface area contributed by atoms with Gasteiger partial charge in [0, 0.05) is 6.54 Å². The fourth-order valence-corrected chi connectivity index (χ4v) is 3.65. The number of hydroxylamine groups is 1. The normalized spacial score (nSPS) is 16.3. The van der Waals surface area contributed by atoms with Gasteiger partial charge in [0.1, 0.15) is 6.04 Å². The van der Waals surface area contributed by atoms with Crippen molar-refractivity contribution in [3.8, 4) is 0 Å². The molecule has 4 nitrogen and oxygen atoms in total. The number of amides is 1. The van der Waals surface area contributed by atoms with Gasteiger partial charge in [-0.15, -0.1) is 0 Å². The maximum atomic E-state index is 12.9. The molecule has 1 amide bonds. The van der Waals surface area contributed by atoms with E-state index >= 15 is 0 Å². The Labute approximate surface area is 159 Å². The van der Waals surface area contributed by atoms with E-state index in [1.165, 1.54) is 5.56 Å². The summed E-state index contributed by atoms with van der Waals surface area (Å²) in [7, 11) is 0. The standard InChI is InChI=1S/C23H22N2O2/c26-23-22(16-15-18-9-3-1-4-10-18)24(17-19-11-5-2-6-12-19)20-13-7-8-14-21(20)25(23)27/h1-14,22,27H,15-17H2/t22-/m1/s1. The van der Waals surface area contributed by atoms with Crippen LogP contribution in [0.25, 0.3) is 0 Å². The summed E-state index contributed by atoms with van der Waals surface area (Å²) in [5, 5.41) is 11.3. The van der Waals surface area contributed by atoms with Gasteiger partial charge in [0.25, 0.3) is 5.91 Å². The van der Waals surface area contributed by atoms with E-state index in [0.29, 0.717) is 18.7 Å². The predicted octanol–water partition coefficient (Wildman–Crippen LogP) is 4.43. The van der Waals surface area contributed by atoms with Gasteiger partial charge in [-0.3, -0.25) is 10.0 Å². The number of benzene rings is 3. The molecule has 1 aliphatic heterocycles. The van der Waals surface area contributed by atoms with Crippen molar-refractivity contribution in [3.63, 3.8) is 0 Å². The van der Waals surface area contributed by atoms with Crippen molar-refractivity contribution in [3.05, 3.63) is 96.1 Å². The number of carbonyl (C=O) groups excluding carboxylic acids is 1. The lowest BCUT2D eigenvalue weighted by atomic mass is 9.99. The first-order valence-corrected chi connectivity index (χ1v) is 9.20. The Bertz CT molecular complexity index is 912. The Morgan fingerprint density at radius 3 is 1.96 bits per heavy atom. The first-order chi connectivity index (χ1) is 13.2. The molecule has 4 heteroatoms. The van der Waals surface area contributed by atoms with E-state index in [9.17, 15) is 10.0 Å². The average molecular weight is 358 g/mol. The van der Waals surface area contributed by atoms with Gasteiger partial charge in [-0.05, 0) is 36.1 Å². The first kappa shape index (κ1) is 17.3. The van der Waals surface area contributed by atoms with Crippen molar-refractivity contribution in [1.29, 1.82) is 0 Å². The lowest BCUT2D eigenvalue weighted by Gasteiger charge is -2.40. The number of para-hydroxylation sites is 2. The van der Waals surface area contributed by atoms with Gasteiger partial charge < -0.3 is 4.90 Å². The summed E-state index contributed by atoms with van der Waals surface area (Å²) in [5.41, 5.74) is 3.74. The second-order valence-electron chi connectivity index (χ2n) is 6.79. The molecule has 1 atom stereocenters. The molecule has 0 unspecified atom stereocenters. The van der Waals surface area contributed by atoms with Crippen LogP contribution in [0.5, 0.6) is 0 Å². The van der Waals surface area contributed by atoms with Crippen molar-refractivity contribution < 1.29 is 10.0 Å². The lowest BCUT2D eigenvalue weighted by Crippen LogP contribution is -2.52. The number of rotatable bonds is 5. The number of hydrogen-bond acceptors (Lipinski definition) is 3. The fraction of sp³-hybridized carbons (Fsp3) is 0.174. The molecule has 1 heterocycles. The molecule has 0 saturated heterocycles. The van der Waals surface area contributed by atoms with Gasteiger partial charge >= 0.3 is 0 Å². The Hall–Kier alpha value is -3.11. The molecule has 0 spiro atoms. The molecule has 0 fully saturated rings. The van der Waals surface area contributed by atoms with Crippen molar-refractivity contribution >= 4 is 17.3 Å². The van der Waals surface area contributed by atoms with E-state index in [0.717, 1.165) is 22.7 Å². The molecule has 0 bridgehead atoms. The summed E-state index contributed by atoms with van der Waals surface area (Å²) < 4.78 is 0. The van der Waals surface area contributed by atoms with Gasteiger partial charge in [-0.1, -0.05) is 72.8 Å². The smallest absolute Gasteiger partial charge is 0.273 e. The molecule has 27 heavy (non-hydrogen) atoms. The number of anilines is 2. The number of nitrogens with zero attached hydrogens (tertiary/aromatic N) is 2. The third-order valence-corrected chi connectivity index (χ3v) is 5.03. The van der Waals surface area contributed by atoms with Crippen molar-refractivity contribution in [2.45, 2.75) is 25.4 Å². The van der Waals surface area contributed by atoms with Gasteiger partial charge in [0.2, 0.25) is 0 Å². The largest absolute Gasteiger partial charge is 0.353 e. The van der Waals surface area contributed by atoms with Crippen LogP contribution in [0.4, 0.5) is 11.4 Å². The second-order valence-corrected chi connectivity index (χ2v) is 6.79. The molecule has 3 aromatic carbocycles. The Kier molecular flexibility index (Phi) is 4.90. The zero-order chi connectivity index (χ0) is 18.6. The minimum absolute atomic E-state index is 0.277. The molecule has 0 saturated carbocycles. The SMILES string of the molecule is O=C1[C@@H](CCc2ccccc2)N(Cc2ccccc2)c2ccccc2N1O. The molecular weight excluding hydrogens is 336 g/mol. The van der Waals surface area contributed by atoms with Crippen LogP contribution in [0.15, 0.2) is 84.9 Å². The van der Waals surface area contributed by atoms with Crippen LogP contribution < -0.4 is 9.96 Å². The van der Waals surface area contributed by atoms with Crippen LogP contribution in [-0.2, 0) is 17.8 Å². The van der Waals surface area contributed by atoms with E-state index in [2.05, 4.69) is 29.2 Å². The summed E-state index contributed by atoms with van der Waals surface area (Å²) in [6.07, 6.45) is 1.42. The summed E-state index contributed by atoms with van der Waals surface area (Å²) >= 11 is 0. The van der Waals surface area contributed by atoms with E-state index in [1.807, 2.05) is 54.6 Å². The van der Waals surface area contributed by atoms with Crippen molar-refractivity contribution in [2.75, 3.05) is 9.96 Å². The van der Waals surface area contributed by atoms with Crippen LogP contribution in [0.1, 0.15) is 17.5 Å². The Balaban J connectivity index is 1.66. The lowest BCUT2D eigenvalue weighted by molar-refractivity contribution is -0.125. The summed E-state index contributed by atoms with van der Waals surface area (Å²) in [4.78, 5) is 15.1. The van der Waals surface area contributed by atoms with Gasteiger partial charge in [-0.25, -0.2) is 0 Å².